The molecule has 3 heteroatoms. The fraction of sp³-hybridized carbons (Fsp3) is 0.444. The number of ether oxygens (including phenoxy) is 2. The van der Waals surface area contributed by atoms with Gasteiger partial charge in [-0.25, -0.2) is 4.79 Å². The molecule has 0 saturated heterocycles. The minimum Gasteiger partial charge on any atom is -0.458 e. The highest BCUT2D eigenvalue weighted by atomic mass is 16.6. The average molecular weight is 288 g/mol. The minimum atomic E-state index is -0.677. The normalized spacial score (nSPS) is 11.4. The summed E-state index contributed by atoms with van der Waals surface area (Å²) >= 11 is 0. The van der Waals surface area contributed by atoms with E-state index in [4.69, 9.17) is 9.47 Å². The van der Waals surface area contributed by atoms with Gasteiger partial charge in [0.1, 0.15) is 6.61 Å². The third kappa shape index (κ3) is 5.99. The molecule has 1 rings (SSSR count). The first-order valence-corrected chi connectivity index (χ1v) is 7.36. The van der Waals surface area contributed by atoms with Gasteiger partial charge in [-0.1, -0.05) is 43.7 Å². The molecule has 0 aliphatic carbocycles. The predicted octanol–water partition coefficient (Wildman–Crippen LogP) is 4.21. The van der Waals surface area contributed by atoms with Gasteiger partial charge < -0.3 is 9.47 Å². The van der Waals surface area contributed by atoms with Crippen LogP contribution in [0.15, 0.2) is 47.7 Å². The van der Waals surface area contributed by atoms with Crippen molar-refractivity contribution in [1.82, 2.24) is 0 Å². The summed E-state index contributed by atoms with van der Waals surface area (Å²) in [6, 6.07) is 9.37. The maximum Gasteiger partial charge on any atom is 0.340 e. The molecule has 0 heterocycles. The fourth-order valence-electron chi connectivity index (χ4n) is 2.01. The van der Waals surface area contributed by atoms with Crippen LogP contribution < -0.4 is 0 Å². The van der Waals surface area contributed by atoms with Gasteiger partial charge in [0, 0.05) is 12.7 Å². The van der Waals surface area contributed by atoms with Crippen LogP contribution in [0.4, 0.5) is 0 Å². The topological polar surface area (TPSA) is 35.5 Å². The van der Waals surface area contributed by atoms with Gasteiger partial charge >= 0.3 is 5.97 Å². The molecular formula is C18H24O3. The van der Waals surface area contributed by atoms with Crippen LogP contribution >= 0.6 is 0 Å². The molecule has 0 fully saturated rings. The number of hydrogen-bond acceptors (Lipinski definition) is 3. The Morgan fingerprint density at radius 1 is 1.33 bits per heavy atom. The first kappa shape index (κ1) is 17.2. The van der Waals surface area contributed by atoms with Gasteiger partial charge in [-0.15, -0.1) is 5.73 Å². The lowest BCUT2D eigenvalue weighted by Crippen LogP contribution is -2.18. The van der Waals surface area contributed by atoms with Crippen molar-refractivity contribution in [2.45, 2.75) is 39.2 Å². The number of methoxy groups -OCH3 is 1. The lowest BCUT2D eigenvalue weighted by molar-refractivity contribution is -0.154. The maximum absolute atomic E-state index is 12.2. The van der Waals surface area contributed by atoms with E-state index in [0.717, 1.165) is 30.4 Å². The smallest absolute Gasteiger partial charge is 0.340 e. The molecule has 3 nitrogen and oxygen atoms in total. The van der Waals surface area contributed by atoms with E-state index in [2.05, 4.69) is 12.7 Å². The Kier molecular flexibility index (Phi) is 8.18. The van der Waals surface area contributed by atoms with Crippen molar-refractivity contribution in [2.75, 3.05) is 13.7 Å². The maximum atomic E-state index is 12.2. The summed E-state index contributed by atoms with van der Waals surface area (Å²) in [5, 5.41) is 0. The molecule has 0 spiro atoms. The monoisotopic (exact) mass is 288 g/mol. The molecule has 0 aliphatic rings. The molecule has 1 atom stereocenters. The Morgan fingerprint density at radius 2 is 2.05 bits per heavy atom. The zero-order chi connectivity index (χ0) is 15.5. The van der Waals surface area contributed by atoms with Crippen molar-refractivity contribution >= 4 is 5.97 Å². The van der Waals surface area contributed by atoms with Crippen molar-refractivity contribution in [3.05, 3.63) is 53.3 Å². The van der Waals surface area contributed by atoms with Crippen molar-refractivity contribution in [3.63, 3.8) is 0 Å². The number of rotatable bonds is 8. The third-order valence-electron chi connectivity index (χ3n) is 3.12. The van der Waals surface area contributed by atoms with Crippen LogP contribution in [0.1, 0.15) is 44.8 Å². The second kappa shape index (κ2) is 9.98. The Hall–Kier alpha value is -1.83. The fourth-order valence-corrected chi connectivity index (χ4v) is 2.01. The number of esters is 1. The molecule has 0 bridgehead atoms. The SMILES string of the molecule is CC=C=C(CCCC)COC(=O)[C@H](OC)c1ccccc1. The number of carbonyl (C=O) groups excluding carboxylic acids is 1. The highest BCUT2D eigenvalue weighted by molar-refractivity contribution is 5.76. The van der Waals surface area contributed by atoms with Crippen LogP contribution in [0.5, 0.6) is 0 Å². The van der Waals surface area contributed by atoms with Gasteiger partial charge in [-0.2, -0.15) is 0 Å². The highest BCUT2D eigenvalue weighted by Gasteiger charge is 2.21. The number of benzene rings is 1. The molecular weight excluding hydrogens is 264 g/mol. The standard InChI is InChI=1S/C18H24O3/c1-4-6-11-15(10-5-2)14-21-18(19)17(20-3)16-12-8-7-9-13-16/h5,7-9,12-13,17H,4,6,11,14H2,1-3H3/t10?,17-/m1/s1. The van der Waals surface area contributed by atoms with Crippen LogP contribution in [0.2, 0.25) is 0 Å². The van der Waals surface area contributed by atoms with E-state index in [0.29, 0.717) is 0 Å². The molecule has 0 aromatic heterocycles. The lowest BCUT2D eigenvalue weighted by Gasteiger charge is -2.15. The van der Waals surface area contributed by atoms with Gasteiger partial charge in [0.2, 0.25) is 0 Å². The summed E-state index contributed by atoms with van der Waals surface area (Å²) in [5.74, 6) is -0.365. The van der Waals surface area contributed by atoms with Gasteiger partial charge in [-0.05, 0) is 31.4 Å². The lowest BCUT2D eigenvalue weighted by atomic mass is 10.1. The van der Waals surface area contributed by atoms with Crippen LogP contribution in [0, 0.1) is 0 Å². The Bertz CT molecular complexity index is 484. The van der Waals surface area contributed by atoms with Crippen LogP contribution in [-0.2, 0) is 14.3 Å². The van der Waals surface area contributed by atoms with E-state index in [1.54, 1.807) is 0 Å². The summed E-state index contributed by atoms with van der Waals surface area (Å²) in [6.07, 6.45) is 4.25. The Labute approximate surface area is 127 Å². The van der Waals surface area contributed by atoms with Crippen molar-refractivity contribution in [1.29, 1.82) is 0 Å². The molecule has 0 N–H and O–H groups in total. The molecule has 0 aliphatic heterocycles. The van der Waals surface area contributed by atoms with E-state index in [9.17, 15) is 4.79 Å². The van der Waals surface area contributed by atoms with E-state index in [1.165, 1.54) is 7.11 Å². The van der Waals surface area contributed by atoms with E-state index in [1.807, 2.05) is 43.3 Å². The first-order chi connectivity index (χ1) is 10.2. The summed E-state index contributed by atoms with van der Waals surface area (Å²) in [5.41, 5.74) is 4.95. The van der Waals surface area contributed by atoms with Gasteiger partial charge in [-0.3, -0.25) is 0 Å². The van der Waals surface area contributed by atoms with Gasteiger partial charge in [0.15, 0.2) is 6.10 Å². The molecule has 1 aromatic rings. The number of hydrogen-bond donors (Lipinski definition) is 0. The average Bonchev–Trinajstić information content (AvgIpc) is 2.52. The molecule has 0 radical (unpaired) electrons. The summed E-state index contributed by atoms with van der Waals surface area (Å²) in [7, 11) is 1.51. The highest BCUT2D eigenvalue weighted by Crippen LogP contribution is 2.18. The molecule has 0 unspecified atom stereocenters. The third-order valence-corrected chi connectivity index (χ3v) is 3.12. The van der Waals surface area contributed by atoms with Crippen LogP contribution in [-0.4, -0.2) is 19.7 Å². The second-order valence-electron chi connectivity index (χ2n) is 4.77. The molecule has 1 aromatic carbocycles. The zero-order valence-electron chi connectivity index (χ0n) is 13.1. The van der Waals surface area contributed by atoms with Crippen molar-refractivity contribution < 1.29 is 14.3 Å². The first-order valence-electron chi connectivity index (χ1n) is 7.36. The Balaban J connectivity index is 2.64. The van der Waals surface area contributed by atoms with E-state index < -0.39 is 6.10 Å². The molecule has 21 heavy (non-hydrogen) atoms. The van der Waals surface area contributed by atoms with E-state index >= 15 is 0 Å². The quantitative estimate of drug-likeness (QED) is 0.531. The second-order valence-corrected chi connectivity index (χ2v) is 4.77. The van der Waals surface area contributed by atoms with Crippen LogP contribution in [0.3, 0.4) is 0 Å². The van der Waals surface area contributed by atoms with Crippen molar-refractivity contribution in [3.8, 4) is 0 Å². The zero-order valence-corrected chi connectivity index (χ0v) is 13.1. The molecule has 114 valence electrons. The largest absolute Gasteiger partial charge is 0.458 e. The predicted molar refractivity (Wildman–Crippen MR) is 83.9 cm³/mol. The number of unbranched alkanes of at least 4 members (excludes halogenated alkanes) is 1. The Morgan fingerprint density at radius 3 is 2.62 bits per heavy atom. The van der Waals surface area contributed by atoms with E-state index in [-0.39, 0.29) is 12.6 Å². The molecule has 0 amide bonds. The minimum absolute atomic E-state index is 0.274. The van der Waals surface area contributed by atoms with Crippen LogP contribution in [0.25, 0.3) is 0 Å². The van der Waals surface area contributed by atoms with Gasteiger partial charge in [0.05, 0.1) is 0 Å². The number of carbonyl (C=O) groups is 1. The molecule has 0 saturated carbocycles. The van der Waals surface area contributed by atoms with Gasteiger partial charge in [0.25, 0.3) is 0 Å². The van der Waals surface area contributed by atoms with Crippen molar-refractivity contribution in [2.24, 2.45) is 0 Å². The summed E-state index contributed by atoms with van der Waals surface area (Å²) < 4.78 is 10.6. The summed E-state index contributed by atoms with van der Waals surface area (Å²) in [6.45, 7) is 4.32. The summed E-state index contributed by atoms with van der Waals surface area (Å²) in [4.78, 5) is 12.2.